The highest BCUT2D eigenvalue weighted by Gasteiger charge is 2.10. The van der Waals surface area contributed by atoms with Crippen LogP contribution in [0.25, 0.3) is 14.4 Å². The molecule has 2 rings (SSSR count). The highest BCUT2D eigenvalue weighted by molar-refractivity contribution is 14.1. The van der Waals surface area contributed by atoms with Gasteiger partial charge in [-0.15, -0.1) is 0 Å². The highest BCUT2D eigenvalue weighted by atomic mass is 127. The number of hydrogen-bond acceptors (Lipinski definition) is 0. The zero-order valence-electron chi connectivity index (χ0n) is 10.5. The van der Waals surface area contributed by atoms with Gasteiger partial charge in [-0.1, -0.05) is 61.7 Å². The van der Waals surface area contributed by atoms with Crippen LogP contribution in [0.15, 0.2) is 48.2 Å². The monoisotopic (exact) mass is 352 g/mol. The molecular weight excluding hydrogens is 335 g/mol. The summed E-state index contributed by atoms with van der Waals surface area (Å²) in [6.07, 6.45) is 0. The molecule has 0 saturated heterocycles. The van der Waals surface area contributed by atoms with Crippen LogP contribution in [0.5, 0.6) is 0 Å². The molecule has 0 spiro atoms. The van der Waals surface area contributed by atoms with Gasteiger partial charge in [0.25, 0.3) is 0 Å². The molecule has 0 aliphatic heterocycles. The summed E-state index contributed by atoms with van der Waals surface area (Å²) < 4.78 is 1.38. The Morgan fingerprint density at radius 2 is 1.65 bits per heavy atom. The molecule has 0 saturated carbocycles. The predicted molar refractivity (Wildman–Crippen MR) is 89.3 cm³/mol. The van der Waals surface area contributed by atoms with Gasteiger partial charge in [-0.3, -0.25) is 0 Å². The Morgan fingerprint density at radius 1 is 1.00 bits per heavy atom. The highest BCUT2D eigenvalue weighted by Crippen LogP contribution is 2.27. The maximum absolute atomic E-state index is 2.46. The quantitative estimate of drug-likeness (QED) is 0.495. The molecule has 0 bridgehead atoms. The first-order chi connectivity index (χ1) is 7.96. The largest absolute Gasteiger partial charge is 0.0813 e. The maximum atomic E-state index is 2.46. The summed E-state index contributed by atoms with van der Waals surface area (Å²) in [5.74, 6) is 0. The van der Waals surface area contributed by atoms with Gasteiger partial charge in [-0.2, -0.15) is 0 Å². The lowest BCUT2D eigenvalue weighted by atomic mass is 10.1. The first-order valence-corrected chi connectivity index (χ1v) is 10.5. The molecule has 0 heterocycles. The van der Waals surface area contributed by atoms with Crippen molar-refractivity contribution >= 4 is 45.0 Å². The molecule has 0 fully saturated rings. The van der Waals surface area contributed by atoms with Crippen molar-refractivity contribution in [2.75, 3.05) is 0 Å². The number of rotatable bonds is 2. The van der Waals surface area contributed by atoms with Crippen LogP contribution in [0.2, 0.25) is 19.6 Å². The minimum atomic E-state index is -1.14. The third kappa shape index (κ3) is 3.42. The SMILES string of the molecule is C[Si](C)(C)/C=C(/I)c1ccc2ccccc2c1. The van der Waals surface area contributed by atoms with Gasteiger partial charge in [0.1, 0.15) is 0 Å². The average molecular weight is 352 g/mol. The smallest absolute Gasteiger partial charge is 0.0701 e. The standard InChI is InChI=1S/C15H17ISi/c1-17(2,3)11-15(16)14-9-8-12-6-4-5-7-13(12)10-14/h4-11H,1-3H3/b15-11+. The van der Waals surface area contributed by atoms with Gasteiger partial charge >= 0.3 is 0 Å². The number of benzene rings is 2. The van der Waals surface area contributed by atoms with Crippen LogP contribution in [0.3, 0.4) is 0 Å². The Bertz CT molecular complexity index is 564. The van der Waals surface area contributed by atoms with Gasteiger partial charge in [-0.05, 0) is 45.0 Å². The Morgan fingerprint density at radius 3 is 2.29 bits per heavy atom. The summed E-state index contributed by atoms with van der Waals surface area (Å²) in [5, 5.41) is 2.64. The molecule has 0 nitrogen and oxygen atoms in total. The van der Waals surface area contributed by atoms with Gasteiger partial charge in [0, 0.05) is 3.58 Å². The van der Waals surface area contributed by atoms with E-state index in [2.05, 4.69) is 90.4 Å². The maximum Gasteiger partial charge on any atom is 0.0701 e. The Balaban J connectivity index is 2.47. The van der Waals surface area contributed by atoms with E-state index >= 15 is 0 Å². The minimum absolute atomic E-state index is 1.14. The van der Waals surface area contributed by atoms with Gasteiger partial charge in [0.05, 0.1) is 8.07 Å². The Hall–Kier alpha value is -0.613. The minimum Gasteiger partial charge on any atom is -0.0813 e. The Labute approximate surface area is 118 Å². The topological polar surface area (TPSA) is 0 Å². The molecule has 0 unspecified atom stereocenters. The summed E-state index contributed by atoms with van der Waals surface area (Å²) in [6, 6.07) is 15.2. The van der Waals surface area contributed by atoms with Crippen LogP contribution in [-0.4, -0.2) is 8.07 Å². The van der Waals surface area contributed by atoms with Gasteiger partial charge in [-0.25, -0.2) is 0 Å². The molecule has 0 aliphatic carbocycles. The van der Waals surface area contributed by atoms with Gasteiger partial charge < -0.3 is 0 Å². The molecule has 88 valence electrons. The molecule has 2 aromatic carbocycles. The second kappa shape index (κ2) is 4.94. The van der Waals surface area contributed by atoms with Crippen molar-refractivity contribution in [3.05, 3.63) is 53.7 Å². The van der Waals surface area contributed by atoms with Crippen LogP contribution in [0.4, 0.5) is 0 Å². The van der Waals surface area contributed by atoms with Crippen LogP contribution in [0, 0.1) is 0 Å². The number of fused-ring (bicyclic) bond motifs is 1. The molecule has 0 aliphatic rings. The number of halogens is 1. The second-order valence-electron chi connectivity index (χ2n) is 5.42. The van der Waals surface area contributed by atoms with E-state index in [1.165, 1.54) is 19.9 Å². The fraction of sp³-hybridized carbons (Fsp3) is 0.200. The van der Waals surface area contributed by atoms with Crippen LogP contribution < -0.4 is 0 Å². The van der Waals surface area contributed by atoms with Crippen molar-refractivity contribution in [3.63, 3.8) is 0 Å². The number of hydrogen-bond donors (Lipinski definition) is 0. The first kappa shape index (κ1) is 12.8. The lowest BCUT2D eigenvalue weighted by Crippen LogP contribution is -2.15. The lowest BCUT2D eigenvalue weighted by Gasteiger charge is -2.11. The molecule has 2 heteroatoms. The summed E-state index contributed by atoms with van der Waals surface area (Å²) in [4.78, 5) is 0. The van der Waals surface area contributed by atoms with Crippen molar-refractivity contribution in [2.24, 2.45) is 0 Å². The van der Waals surface area contributed by atoms with E-state index in [0.29, 0.717) is 0 Å². The van der Waals surface area contributed by atoms with Gasteiger partial charge in [0.2, 0.25) is 0 Å². The van der Waals surface area contributed by atoms with Crippen molar-refractivity contribution in [3.8, 4) is 0 Å². The van der Waals surface area contributed by atoms with Crippen molar-refractivity contribution in [1.29, 1.82) is 0 Å². The Kier molecular flexibility index (Phi) is 3.73. The van der Waals surface area contributed by atoms with Gasteiger partial charge in [0.15, 0.2) is 0 Å². The molecule has 0 atom stereocenters. The first-order valence-electron chi connectivity index (χ1n) is 5.83. The van der Waals surface area contributed by atoms with Crippen molar-refractivity contribution in [1.82, 2.24) is 0 Å². The molecule has 2 aromatic rings. The average Bonchev–Trinajstić information content (AvgIpc) is 2.26. The second-order valence-corrected chi connectivity index (χ2v) is 11.6. The van der Waals surface area contributed by atoms with Crippen molar-refractivity contribution in [2.45, 2.75) is 19.6 Å². The zero-order chi connectivity index (χ0) is 12.5. The van der Waals surface area contributed by atoms with Crippen LogP contribution >= 0.6 is 22.6 Å². The molecular formula is C15H17ISi. The van der Waals surface area contributed by atoms with E-state index in [0.717, 1.165) is 0 Å². The van der Waals surface area contributed by atoms with Crippen LogP contribution in [-0.2, 0) is 0 Å². The summed E-state index contributed by atoms with van der Waals surface area (Å²) >= 11 is 2.46. The lowest BCUT2D eigenvalue weighted by molar-refractivity contribution is 1.69. The molecule has 0 radical (unpaired) electrons. The summed E-state index contributed by atoms with van der Waals surface area (Å²) in [6.45, 7) is 7.10. The van der Waals surface area contributed by atoms with Crippen LogP contribution in [0.1, 0.15) is 5.56 Å². The van der Waals surface area contributed by atoms with E-state index in [1.54, 1.807) is 0 Å². The van der Waals surface area contributed by atoms with E-state index in [9.17, 15) is 0 Å². The zero-order valence-corrected chi connectivity index (χ0v) is 13.7. The fourth-order valence-electron chi connectivity index (χ4n) is 1.80. The van der Waals surface area contributed by atoms with Crippen molar-refractivity contribution < 1.29 is 0 Å². The molecule has 17 heavy (non-hydrogen) atoms. The molecule has 0 amide bonds. The normalized spacial score (nSPS) is 13.1. The van der Waals surface area contributed by atoms with E-state index < -0.39 is 8.07 Å². The summed E-state index contributed by atoms with van der Waals surface area (Å²) in [5.41, 5.74) is 3.80. The molecule has 0 N–H and O–H groups in total. The van der Waals surface area contributed by atoms with E-state index in [4.69, 9.17) is 0 Å². The van der Waals surface area contributed by atoms with E-state index in [1.807, 2.05) is 0 Å². The third-order valence-corrected chi connectivity index (χ3v) is 5.26. The molecule has 0 aromatic heterocycles. The predicted octanol–water partition coefficient (Wildman–Crippen LogP) is 5.49. The summed E-state index contributed by atoms with van der Waals surface area (Å²) in [7, 11) is -1.14. The fourth-order valence-corrected chi connectivity index (χ4v) is 5.87. The van der Waals surface area contributed by atoms with E-state index in [-0.39, 0.29) is 0 Å². The third-order valence-electron chi connectivity index (χ3n) is 2.58.